The summed E-state index contributed by atoms with van der Waals surface area (Å²) in [5.41, 5.74) is 2.12. The Morgan fingerprint density at radius 1 is 1.19 bits per heavy atom. The van der Waals surface area contributed by atoms with Crippen molar-refractivity contribution >= 4 is 17.2 Å². The Morgan fingerprint density at radius 3 is 2.67 bits per heavy atom. The fraction of sp³-hybridized carbons (Fsp3) is 0.357. The van der Waals surface area contributed by atoms with Gasteiger partial charge < -0.3 is 0 Å². The summed E-state index contributed by atoms with van der Waals surface area (Å²) in [6.45, 7) is 5.03. The molecule has 0 N–H and O–H groups in total. The number of nitrogens with zero attached hydrogens (tertiary/aromatic N) is 5. The maximum atomic E-state index is 12.3. The fourth-order valence-electron chi connectivity index (χ4n) is 2.38. The first-order chi connectivity index (χ1) is 10.2. The van der Waals surface area contributed by atoms with Crippen LogP contribution in [-0.4, -0.2) is 24.0 Å². The predicted molar refractivity (Wildman–Crippen MR) is 80.8 cm³/mol. The lowest BCUT2D eigenvalue weighted by Gasteiger charge is -2.04. The van der Waals surface area contributed by atoms with Crippen molar-refractivity contribution in [2.45, 2.75) is 33.4 Å². The molecule has 0 fully saturated rings. The lowest BCUT2D eigenvalue weighted by Crippen LogP contribution is -2.23. The molecule has 0 atom stereocenters. The van der Waals surface area contributed by atoms with Crippen molar-refractivity contribution in [2.75, 3.05) is 0 Å². The summed E-state index contributed by atoms with van der Waals surface area (Å²) >= 11 is 6.38. The second-order valence-electron chi connectivity index (χ2n) is 4.75. The normalized spacial score (nSPS) is 11.4. The van der Waals surface area contributed by atoms with Crippen LogP contribution in [0.4, 0.5) is 0 Å². The van der Waals surface area contributed by atoms with Crippen LogP contribution in [0.1, 0.15) is 25.2 Å². The molecule has 110 valence electrons. The minimum atomic E-state index is -0.177. The first-order valence-corrected chi connectivity index (χ1v) is 7.31. The van der Waals surface area contributed by atoms with Crippen LogP contribution < -0.4 is 5.69 Å². The molecule has 7 heteroatoms. The number of hydrogen-bond donors (Lipinski definition) is 0. The van der Waals surface area contributed by atoms with E-state index in [1.807, 2.05) is 24.6 Å². The van der Waals surface area contributed by atoms with Crippen molar-refractivity contribution in [2.24, 2.45) is 0 Å². The molecule has 0 aliphatic rings. The zero-order valence-electron chi connectivity index (χ0n) is 12.0. The monoisotopic (exact) mass is 305 g/mol. The Hall–Kier alpha value is -2.08. The third-order valence-corrected chi connectivity index (χ3v) is 3.92. The number of aryl methyl sites for hydroxylation is 2. The van der Waals surface area contributed by atoms with Gasteiger partial charge in [0.05, 0.1) is 23.0 Å². The van der Waals surface area contributed by atoms with E-state index in [4.69, 9.17) is 11.6 Å². The highest BCUT2D eigenvalue weighted by Crippen LogP contribution is 2.22. The summed E-state index contributed by atoms with van der Waals surface area (Å²) in [5, 5.41) is 9.42. The largest absolute Gasteiger partial charge is 0.350 e. The molecule has 0 aliphatic carbocycles. The van der Waals surface area contributed by atoms with Crippen LogP contribution in [0.25, 0.3) is 5.65 Å². The third kappa shape index (κ3) is 2.25. The molecular formula is C14H16ClN5O. The minimum Gasteiger partial charge on any atom is -0.266 e. The highest BCUT2D eigenvalue weighted by Gasteiger charge is 2.16. The van der Waals surface area contributed by atoms with E-state index < -0.39 is 0 Å². The topological polar surface area (TPSA) is 57.1 Å². The zero-order chi connectivity index (χ0) is 15.0. The zero-order valence-corrected chi connectivity index (χ0v) is 12.7. The first kappa shape index (κ1) is 13.9. The van der Waals surface area contributed by atoms with Crippen LogP contribution >= 0.6 is 11.6 Å². The third-order valence-electron chi connectivity index (χ3n) is 3.48. The van der Waals surface area contributed by atoms with E-state index in [2.05, 4.69) is 10.2 Å². The number of hydrogen-bond acceptors (Lipinski definition) is 3. The number of rotatable bonds is 4. The van der Waals surface area contributed by atoms with Crippen LogP contribution in [-0.2, 0) is 19.5 Å². The van der Waals surface area contributed by atoms with Crippen molar-refractivity contribution in [3.8, 4) is 0 Å². The van der Waals surface area contributed by atoms with Gasteiger partial charge in [0.2, 0.25) is 0 Å². The lowest BCUT2D eigenvalue weighted by atomic mass is 10.3. The maximum absolute atomic E-state index is 12.3. The van der Waals surface area contributed by atoms with Crippen molar-refractivity contribution in [3.05, 3.63) is 51.3 Å². The van der Waals surface area contributed by atoms with Gasteiger partial charge in [-0.15, -0.1) is 5.10 Å². The molecule has 0 saturated carbocycles. The maximum Gasteiger partial charge on any atom is 0.350 e. The predicted octanol–water partition coefficient (Wildman–Crippen LogP) is 1.98. The van der Waals surface area contributed by atoms with Crippen LogP contribution in [0, 0.1) is 0 Å². The Morgan fingerprint density at radius 2 is 2.00 bits per heavy atom. The summed E-state index contributed by atoms with van der Waals surface area (Å²) in [6, 6.07) is 5.46. The number of halogens is 1. The number of pyridine rings is 1. The summed E-state index contributed by atoms with van der Waals surface area (Å²) in [5.74, 6) is 0. The van der Waals surface area contributed by atoms with E-state index in [1.54, 1.807) is 18.3 Å². The summed E-state index contributed by atoms with van der Waals surface area (Å²) in [4.78, 5) is 12.3. The molecule has 0 aromatic carbocycles. The standard InChI is InChI=1S/C14H16ClN5O/c1-3-10-13(15)11(19(4-2)16-10)9-20-14(21)18-8-6-5-7-12(18)17-20/h5-8H,3-4,9H2,1-2H3. The van der Waals surface area contributed by atoms with E-state index in [0.717, 1.165) is 17.8 Å². The Labute approximate surface area is 126 Å². The van der Waals surface area contributed by atoms with E-state index in [9.17, 15) is 4.79 Å². The second-order valence-corrected chi connectivity index (χ2v) is 5.12. The van der Waals surface area contributed by atoms with E-state index >= 15 is 0 Å². The SMILES string of the molecule is CCc1nn(CC)c(Cn2nc3ccccn3c2=O)c1Cl. The van der Waals surface area contributed by atoms with Gasteiger partial charge in [-0.2, -0.15) is 5.10 Å². The average Bonchev–Trinajstić information content (AvgIpc) is 2.99. The molecule has 3 heterocycles. The van der Waals surface area contributed by atoms with Gasteiger partial charge in [0.1, 0.15) is 0 Å². The Balaban J connectivity index is 2.08. The molecule has 6 nitrogen and oxygen atoms in total. The van der Waals surface area contributed by atoms with Gasteiger partial charge in [0.15, 0.2) is 5.65 Å². The smallest absolute Gasteiger partial charge is 0.266 e. The van der Waals surface area contributed by atoms with E-state index in [0.29, 0.717) is 23.8 Å². The lowest BCUT2D eigenvalue weighted by molar-refractivity contribution is 0.565. The molecule has 0 unspecified atom stereocenters. The summed E-state index contributed by atoms with van der Waals surface area (Å²) in [6.07, 6.45) is 2.47. The summed E-state index contributed by atoms with van der Waals surface area (Å²) < 4.78 is 4.77. The molecule has 0 spiro atoms. The molecule has 21 heavy (non-hydrogen) atoms. The van der Waals surface area contributed by atoms with Crippen molar-refractivity contribution in [3.63, 3.8) is 0 Å². The molecule has 0 amide bonds. The van der Waals surface area contributed by atoms with Crippen molar-refractivity contribution in [1.29, 1.82) is 0 Å². The molecule has 0 bridgehead atoms. The summed E-state index contributed by atoms with van der Waals surface area (Å²) in [7, 11) is 0. The molecule has 0 radical (unpaired) electrons. The van der Waals surface area contributed by atoms with Crippen molar-refractivity contribution in [1.82, 2.24) is 24.0 Å². The van der Waals surface area contributed by atoms with Gasteiger partial charge in [-0.1, -0.05) is 24.6 Å². The highest BCUT2D eigenvalue weighted by molar-refractivity contribution is 6.31. The number of aromatic nitrogens is 5. The highest BCUT2D eigenvalue weighted by atomic mass is 35.5. The van der Waals surface area contributed by atoms with Crippen LogP contribution in [0.2, 0.25) is 5.02 Å². The van der Waals surface area contributed by atoms with Gasteiger partial charge in [0.25, 0.3) is 0 Å². The van der Waals surface area contributed by atoms with Gasteiger partial charge in [-0.05, 0) is 25.5 Å². The molecule has 3 aromatic heterocycles. The van der Waals surface area contributed by atoms with E-state index in [1.165, 1.54) is 9.08 Å². The average molecular weight is 306 g/mol. The molecule has 0 aliphatic heterocycles. The van der Waals surface area contributed by atoms with Crippen LogP contribution in [0.15, 0.2) is 29.2 Å². The molecule has 3 aromatic rings. The van der Waals surface area contributed by atoms with Gasteiger partial charge >= 0.3 is 5.69 Å². The van der Waals surface area contributed by atoms with E-state index in [-0.39, 0.29) is 5.69 Å². The fourth-order valence-corrected chi connectivity index (χ4v) is 2.71. The number of fused-ring (bicyclic) bond motifs is 1. The van der Waals surface area contributed by atoms with Gasteiger partial charge in [-0.3, -0.25) is 9.08 Å². The Kier molecular flexibility index (Phi) is 3.55. The molecular weight excluding hydrogens is 290 g/mol. The Bertz CT molecular complexity index is 845. The van der Waals surface area contributed by atoms with Crippen LogP contribution in [0.5, 0.6) is 0 Å². The quantitative estimate of drug-likeness (QED) is 0.740. The molecule has 0 saturated heterocycles. The van der Waals surface area contributed by atoms with Gasteiger partial charge in [0, 0.05) is 12.7 Å². The van der Waals surface area contributed by atoms with Crippen molar-refractivity contribution < 1.29 is 0 Å². The minimum absolute atomic E-state index is 0.177. The van der Waals surface area contributed by atoms with Gasteiger partial charge in [-0.25, -0.2) is 9.48 Å². The first-order valence-electron chi connectivity index (χ1n) is 6.94. The van der Waals surface area contributed by atoms with Crippen LogP contribution in [0.3, 0.4) is 0 Å². The second kappa shape index (κ2) is 5.37. The molecule has 3 rings (SSSR count).